The number of hydrogen-bond acceptors (Lipinski definition) is 4. The number of fused-ring (bicyclic) bond motifs is 1. The minimum absolute atomic E-state index is 0.687. The number of nitrogens with zero attached hydrogens (tertiary/aromatic N) is 3. The minimum atomic E-state index is 0.687. The quantitative estimate of drug-likeness (QED) is 0.802. The Hall–Kier alpha value is -0.450. The lowest BCUT2D eigenvalue weighted by Crippen LogP contribution is -2.54. The van der Waals surface area contributed by atoms with Gasteiger partial charge >= 0.3 is 0 Å². The molecule has 2 unspecified atom stereocenters. The van der Waals surface area contributed by atoms with Gasteiger partial charge in [0.1, 0.15) is 0 Å². The number of thiazole rings is 1. The van der Waals surface area contributed by atoms with E-state index in [9.17, 15) is 0 Å². The Kier molecular flexibility index (Phi) is 3.19. The molecule has 2 aliphatic rings. The van der Waals surface area contributed by atoms with E-state index in [1.54, 1.807) is 0 Å². The summed E-state index contributed by atoms with van der Waals surface area (Å²) in [4.78, 5) is 11.1. The minimum Gasteiger partial charge on any atom is -0.298 e. The molecule has 4 heteroatoms. The maximum absolute atomic E-state index is 4.36. The molecule has 0 radical (unpaired) electrons. The van der Waals surface area contributed by atoms with Crippen molar-refractivity contribution >= 4 is 11.3 Å². The Labute approximate surface area is 107 Å². The number of rotatable bonds is 2. The highest BCUT2D eigenvalue weighted by Gasteiger charge is 2.34. The van der Waals surface area contributed by atoms with Crippen molar-refractivity contribution in [3.8, 4) is 0 Å². The van der Waals surface area contributed by atoms with Gasteiger partial charge in [0, 0.05) is 42.8 Å². The largest absolute Gasteiger partial charge is 0.298 e. The first-order chi connectivity index (χ1) is 8.22. The van der Waals surface area contributed by atoms with Gasteiger partial charge in [-0.25, -0.2) is 4.98 Å². The van der Waals surface area contributed by atoms with Gasteiger partial charge in [-0.15, -0.1) is 11.3 Å². The maximum atomic E-state index is 4.36. The summed E-state index contributed by atoms with van der Waals surface area (Å²) in [5.74, 6) is 0. The lowest BCUT2D eigenvalue weighted by atomic mass is 10.1. The molecule has 0 N–H and O–H groups in total. The van der Waals surface area contributed by atoms with E-state index in [2.05, 4.69) is 28.6 Å². The second-order valence-corrected chi connectivity index (χ2v) is 6.73. The molecule has 0 aromatic carbocycles. The highest BCUT2D eigenvalue weighted by atomic mass is 32.1. The molecule has 0 spiro atoms. The van der Waals surface area contributed by atoms with E-state index in [1.165, 1.54) is 42.4 Å². The molecule has 2 aliphatic heterocycles. The Bertz CT molecular complexity index is 390. The highest BCUT2D eigenvalue weighted by Crippen LogP contribution is 2.26. The molecule has 0 bridgehead atoms. The van der Waals surface area contributed by atoms with E-state index < -0.39 is 0 Å². The summed E-state index contributed by atoms with van der Waals surface area (Å²) in [6, 6.07) is 1.51. The maximum Gasteiger partial charge on any atom is 0.0897 e. The smallest absolute Gasteiger partial charge is 0.0897 e. The zero-order chi connectivity index (χ0) is 11.8. The summed E-state index contributed by atoms with van der Waals surface area (Å²) in [5.41, 5.74) is 0. The Morgan fingerprint density at radius 3 is 3.12 bits per heavy atom. The van der Waals surface area contributed by atoms with E-state index in [-0.39, 0.29) is 0 Å². The first kappa shape index (κ1) is 11.6. The fraction of sp³-hybridized carbons (Fsp3) is 0.769. The van der Waals surface area contributed by atoms with Crippen molar-refractivity contribution in [1.82, 2.24) is 14.8 Å². The van der Waals surface area contributed by atoms with Crippen LogP contribution < -0.4 is 0 Å². The highest BCUT2D eigenvalue weighted by molar-refractivity contribution is 7.11. The summed E-state index contributed by atoms with van der Waals surface area (Å²) in [6.45, 7) is 9.37. The van der Waals surface area contributed by atoms with Gasteiger partial charge in [-0.1, -0.05) is 0 Å². The molecule has 0 saturated carbocycles. The van der Waals surface area contributed by atoms with Crippen LogP contribution in [0.1, 0.15) is 29.7 Å². The number of hydrogen-bond donors (Lipinski definition) is 0. The average Bonchev–Trinajstić information content (AvgIpc) is 2.88. The van der Waals surface area contributed by atoms with Crippen molar-refractivity contribution in [3.05, 3.63) is 16.1 Å². The number of aryl methyl sites for hydroxylation is 1. The SMILES string of the molecule is Cc1ncc(CN2CC3CCCN3CC2C)s1. The molecule has 2 atom stereocenters. The van der Waals surface area contributed by atoms with Crippen LogP contribution in [-0.2, 0) is 6.54 Å². The zero-order valence-corrected chi connectivity index (χ0v) is 11.5. The molecular formula is C13H21N3S. The van der Waals surface area contributed by atoms with Gasteiger partial charge in [-0.05, 0) is 33.2 Å². The molecule has 3 nitrogen and oxygen atoms in total. The Morgan fingerprint density at radius 2 is 2.35 bits per heavy atom. The van der Waals surface area contributed by atoms with Crippen LogP contribution in [0.25, 0.3) is 0 Å². The van der Waals surface area contributed by atoms with Crippen LogP contribution >= 0.6 is 11.3 Å². The van der Waals surface area contributed by atoms with Gasteiger partial charge in [0.25, 0.3) is 0 Å². The lowest BCUT2D eigenvalue weighted by Gasteiger charge is -2.42. The Balaban J connectivity index is 1.66. The van der Waals surface area contributed by atoms with E-state index >= 15 is 0 Å². The molecule has 1 aromatic rings. The van der Waals surface area contributed by atoms with E-state index in [1.807, 2.05) is 17.5 Å². The van der Waals surface area contributed by atoms with Crippen LogP contribution in [0.4, 0.5) is 0 Å². The topological polar surface area (TPSA) is 19.4 Å². The first-order valence-corrected chi connectivity index (χ1v) is 7.43. The van der Waals surface area contributed by atoms with Crippen LogP contribution in [0.3, 0.4) is 0 Å². The summed E-state index contributed by atoms with van der Waals surface area (Å²) in [5, 5.41) is 1.19. The average molecular weight is 251 g/mol. The van der Waals surface area contributed by atoms with Crippen LogP contribution in [0.5, 0.6) is 0 Å². The fourth-order valence-corrected chi connectivity index (χ4v) is 3.97. The standard InChI is InChI=1S/C13H21N3S/c1-10-7-15-5-3-4-12(15)8-16(10)9-13-6-14-11(2)17-13/h6,10,12H,3-5,7-9H2,1-2H3. The van der Waals surface area contributed by atoms with Gasteiger partial charge in [0.2, 0.25) is 0 Å². The summed E-state index contributed by atoms with van der Waals surface area (Å²) in [7, 11) is 0. The number of aromatic nitrogens is 1. The number of piperazine rings is 1. The zero-order valence-electron chi connectivity index (χ0n) is 10.7. The second-order valence-electron chi connectivity index (χ2n) is 5.42. The molecule has 2 saturated heterocycles. The molecule has 3 heterocycles. The normalized spacial score (nSPS) is 30.7. The Morgan fingerprint density at radius 1 is 1.47 bits per heavy atom. The predicted molar refractivity (Wildman–Crippen MR) is 71.3 cm³/mol. The molecule has 0 amide bonds. The van der Waals surface area contributed by atoms with Crippen LogP contribution in [0.15, 0.2) is 6.20 Å². The lowest BCUT2D eigenvalue weighted by molar-refractivity contribution is 0.0547. The predicted octanol–water partition coefficient (Wildman–Crippen LogP) is 2.12. The summed E-state index contributed by atoms with van der Waals surface area (Å²) in [6.07, 6.45) is 4.84. The van der Waals surface area contributed by atoms with Crippen molar-refractivity contribution < 1.29 is 0 Å². The van der Waals surface area contributed by atoms with Crippen molar-refractivity contribution in [2.24, 2.45) is 0 Å². The fourth-order valence-electron chi connectivity index (χ4n) is 3.15. The third-order valence-corrected chi connectivity index (χ3v) is 4.99. The van der Waals surface area contributed by atoms with Gasteiger partial charge in [0.05, 0.1) is 5.01 Å². The van der Waals surface area contributed by atoms with Crippen molar-refractivity contribution in [3.63, 3.8) is 0 Å². The van der Waals surface area contributed by atoms with Gasteiger partial charge in [0.15, 0.2) is 0 Å². The van der Waals surface area contributed by atoms with Gasteiger partial charge in [-0.3, -0.25) is 9.80 Å². The van der Waals surface area contributed by atoms with Crippen LogP contribution in [-0.4, -0.2) is 46.5 Å². The molecule has 2 fully saturated rings. The summed E-state index contributed by atoms with van der Waals surface area (Å²) >= 11 is 1.84. The van der Waals surface area contributed by atoms with Crippen molar-refractivity contribution in [1.29, 1.82) is 0 Å². The second kappa shape index (κ2) is 4.67. The van der Waals surface area contributed by atoms with Gasteiger partial charge in [-0.2, -0.15) is 0 Å². The van der Waals surface area contributed by atoms with Crippen LogP contribution in [0, 0.1) is 6.92 Å². The van der Waals surface area contributed by atoms with Crippen LogP contribution in [0.2, 0.25) is 0 Å². The monoisotopic (exact) mass is 251 g/mol. The molecule has 94 valence electrons. The summed E-state index contributed by atoms with van der Waals surface area (Å²) < 4.78 is 0. The van der Waals surface area contributed by atoms with Crippen molar-refractivity contribution in [2.45, 2.75) is 45.3 Å². The molecule has 17 heavy (non-hydrogen) atoms. The molecule has 0 aliphatic carbocycles. The van der Waals surface area contributed by atoms with Crippen molar-refractivity contribution in [2.75, 3.05) is 19.6 Å². The van der Waals surface area contributed by atoms with Gasteiger partial charge < -0.3 is 0 Å². The van der Waals surface area contributed by atoms with E-state index in [0.29, 0.717) is 6.04 Å². The first-order valence-electron chi connectivity index (χ1n) is 6.62. The van der Waals surface area contributed by atoms with E-state index in [0.717, 1.165) is 12.6 Å². The third kappa shape index (κ3) is 2.39. The third-order valence-electron chi connectivity index (χ3n) is 4.09. The molecule has 3 rings (SSSR count). The molecular weight excluding hydrogens is 230 g/mol. The molecule has 1 aromatic heterocycles. The van der Waals surface area contributed by atoms with E-state index in [4.69, 9.17) is 0 Å².